The number of rotatable bonds is 2. The lowest BCUT2D eigenvalue weighted by atomic mass is 9.44. The fourth-order valence-electron chi connectivity index (χ4n) is 7.26. The van der Waals surface area contributed by atoms with E-state index in [1.54, 1.807) is 26.8 Å². The van der Waals surface area contributed by atoms with Gasteiger partial charge in [-0.15, -0.1) is 0 Å². The van der Waals surface area contributed by atoms with Gasteiger partial charge in [0.15, 0.2) is 17.2 Å². The number of aliphatic hydroxyl groups is 3. The minimum atomic E-state index is -1.98. The Kier molecular flexibility index (Phi) is 4.15. The van der Waals surface area contributed by atoms with Crippen molar-refractivity contribution in [2.75, 3.05) is 6.61 Å². The topological polar surface area (TPSA) is 94.8 Å². The molecule has 0 aromatic carbocycles. The van der Waals surface area contributed by atoms with E-state index in [0.29, 0.717) is 24.8 Å². The molecule has 0 saturated heterocycles. The second-order valence-electron chi connectivity index (χ2n) is 9.75. The largest absolute Gasteiger partial charge is 0.390 e. The van der Waals surface area contributed by atoms with Crippen LogP contribution in [0.15, 0.2) is 23.8 Å². The van der Waals surface area contributed by atoms with Gasteiger partial charge in [0.2, 0.25) is 0 Å². The molecule has 5 nitrogen and oxygen atoms in total. The maximum atomic E-state index is 16.9. The fraction of sp³-hybridized carbons (Fsp3) is 0.727. The second-order valence-corrected chi connectivity index (χ2v) is 9.75. The smallest absolute Gasteiger partial charge is 0.190 e. The van der Waals surface area contributed by atoms with Gasteiger partial charge in [0, 0.05) is 16.7 Å². The Hall–Kier alpha value is -1.37. The van der Waals surface area contributed by atoms with Crippen LogP contribution in [0.1, 0.15) is 46.5 Å². The minimum absolute atomic E-state index is 0.0676. The summed E-state index contributed by atoms with van der Waals surface area (Å²) in [6, 6.07) is 0. The van der Waals surface area contributed by atoms with E-state index in [9.17, 15) is 24.9 Å². The van der Waals surface area contributed by atoms with E-state index in [4.69, 9.17) is 0 Å². The number of halogens is 1. The van der Waals surface area contributed by atoms with Crippen LogP contribution >= 0.6 is 0 Å². The van der Waals surface area contributed by atoms with Gasteiger partial charge in [0.05, 0.1) is 6.10 Å². The van der Waals surface area contributed by atoms with Gasteiger partial charge in [0.1, 0.15) is 12.2 Å². The Morgan fingerprint density at radius 1 is 1.32 bits per heavy atom. The van der Waals surface area contributed by atoms with Crippen LogP contribution < -0.4 is 0 Å². The van der Waals surface area contributed by atoms with E-state index < -0.39 is 52.4 Å². The van der Waals surface area contributed by atoms with Crippen LogP contribution in [0.5, 0.6) is 0 Å². The predicted octanol–water partition coefficient (Wildman–Crippen LogP) is 1.90. The first-order valence-electron chi connectivity index (χ1n) is 10.1. The number of hydrogen-bond acceptors (Lipinski definition) is 5. The van der Waals surface area contributed by atoms with Crippen molar-refractivity contribution in [3.8, 4) is 0 Å². The Balaban J connectivity index is 1.84. The van der Waals surface area contributed by atoms with Crippen LogP contribution in [0.25, 0.3) is 0 Å². The normalized spacial score (nSPS) is 52.5. The lowest BCUT2D eigenvalue weighted by Crippen LogP contribution is -2.69. The summed E-state index contributed by atoms with van der Waals surface area (Å²) in [5.74, 6) is -2.12. The van der Waals surface area contributed by atoms with Crippen molar-refractivity contribution >= 4 is 11.6 Å². The molecule has 3 N–H and O–H groups in total. The number of fused-ring (bicyclic) bond motifs is 5. The van der Waals surface area contributed by atoms with Gasteiger partial charge in [-0.3, -0.25) is 9.59 Å². The number of allylic oxidation sites excluding steroid dienone is 4. The Bertz CT molecular complexity index is 805. The minimum Gasteiger partial charge on any atom is -0.390 e. The molecular weight excluding hydrogens is 363 g/mol. The number of ketones is 2. The van der Waals surface area contributed by atoms with Crippen molar-refractivity contribution < 1.29 is 29.3 Å². The molecule has 28 heavy (non-hydrogen) atoms. The van der Waals surface area contributed by atoms with Crippen LogP contribution in [-0.2, 0) is 9.59 Å². The quantitative estimate of drug-likeness (QED) is 0.667. The highest BCUT2D eigenvalue weighted by atomic mass is 19.1. The first kappa shape index (κ1) is 19.9. The number of carbonyl (C=O) groups is 2. The van der Waals surface area contributed by atoms with Crippen LogP contribution in [0.3, 0.4) is 0 Å². The predicted molar refractivity (Wildman–Crippen MR) is 99.9 cm³/mol. The second kappa shape index (κ2) is 5.83. The lowest BCUT2D eigenvalue weighted by Gasteiger charge is -2.62. The third-order valence-corrected chi connectivity index (χ3v) is 8.79. The average Bonchev–Trinajstić information content (AvgIpc) is 2.84. The van der Waals surface area contributed by atoms with Crippen molar-refractivity contribution in [3.63, 3.8) is 0 Å². The summed E-state index contributed by atoms with van der Waals surface area (Å²) in [4.78, 5) is 24.4. The fourth-order valence-corrected chi connectivity index (χ4v) is 7.26. The Morgan fingerprint density at radius 2 is 2.00 bits per heavy atom. The molecule has 6 heteroatoms. The Labute approximate surface area is 164 Å². The van der Waals surface area contributed by atoms with E-state index in [0.717, 1.165) is 0 Å². The first-order valence-corrected chi connectivity index (χ1v) is 10.1. The molecule has 154 valence electrons. The molecule has 4 rings (SSSR count). The monoisotopic (exact) mass is 392 g/mol. The van der Waals surface area contributed by atoms with Gasteiger partial charge in [-0.1, -0.05) is 25.5 Å². The van der Waals surface area contributed by atoms with Gasteiger partial charge in [-0.2, -0.15) is 0 Å². The molecule has 4 aliphatic carbocycles. The van der Waals surface area contributed by atoms with Crippen LogP contribution in [0.4, 0.5) is 4.39 Å². The van der Waals surface area contributed by atoms with E-state index in [-0.39, 0.29) is 18.1 Å². The number of Topliss-reactive ketones (excluding diaryl/α,β-unsaturated/α-hetero) is 1. The van der Waals surface area contributed by atoms with Crippen molar-refractivity contribution in [1.29, 1.82) is 0 Å². The summed E-state index contributed by atoms with van der Waals surface area (Å²) in [5.41, 5.74) is -5.17. The number of hydrogen-bond donors (Lipinski definition) is 3. The molecule has 0 bridgehead atoms. The van der Waals surface area contributed by atoms with E-state index >= 15 is 4.39 Å². The summed E-state index contributed by atoms with van der Waals surface area (Å²) >= 11 is 0. The summed E-state index contributed by atoms with van der Waals surface area (Å²) < 4.78 is 16.9. The van der Waals surface area contributed by atoms with Crippen molar-refractivity contribution in [1.82, 2.24) is 0 Å². The van der Waals surface area contributed by atoms with Gasteiger partial charge >= 0.3 is 0 Å². The molecule has 0 aromatic heterocycles. The Morgan fingerprint density at radius 3 is 2.64 bits per heavy atom. The van der Waals surface area contributed by atoms with Crippen molar-refractivity contribution in [3.05, 3.63) is 23.8 Å². The summed E-state index contributed by atoms with van der Waals surface area (Å²) in [7, 11) is 0. The summed E-state index contributed by atoms with van der Waals surface area (Å²) in [6.45, 7) is 4.48. The zero-order chi connectivity index (χ0) is 20.7. The number of aliphatic hydroxyl groups excluding tert-OH is 2. The molecule has 0 heterocycles. The summed E-state index contributed by atoms with van der Waals surface area (Å²) in [5, 5.41) is 32.0. The molecule has 0 unspecified atom stereocenters. The zero-order valence-corrected chi connectivity index (χ0v) is 16.6. The highest BCUT2D eigenvalue weighted by Crippen LogP contribution is 2.70. The molecule has 0 aliphatic heterocycles. The average molecular weight is 392 g/mol. The van der Waals surface area contributed by atoms with Crippen LogP contribution in [-0.4, -0.2) is 50.9 Å². The van der Waals surface area contributed by atoms with Crippen molar-refractivity contribution in [2.45, 2.75) is 63.8 Å². The van der Waals surface area contributed by atoms with E-state index in [1.807, 2.05) is 0 Å². The maximum absolute atomic E-state index is 16.9. The van der Waals surface area contributed by atoms with E-state index in [2.05, 4.69) is 0 Å². The van der Waals surface area contributed by atoms with Gasteiger partial charge in [-0.25, -0.2) is 4.39 Å². The van der Waals surface area contributed by atoms with Gasteiger partial charge in [-0.05, 0) is 56.6 Å². The highest BCUT2D eigenvalue weighted by molar-refractivity contribution is 6.01. The third-order valence-electron chi connectivity index (χ3n) is 8.79. The molecule has 0 spiro atoms. The lowest BCUT2D eigenvalue weighted by molar-refractivity contribution is -0.219. The molecule has 0 aromatic rings. The standard InChI is InChI=1S/C22H29FO5/c1-12-8-16-15-5-4-13-9-14(25)6-7-19(13,2)21(15,23)17(26)10-20(16,3)22(12,28)18(27)11-24/h6-7,9,12,15-17,24,26,28H,4-5,8,10-11H2,1-3H3/t12-,15+,16-,17-,19+,20-,21+,22+/m1/s1. The zero-order valence-electron chi connectivity index (χ0n) is 16.6. The number of carbonyl (C=O) groups excluding carboxylic acids is 2. The van der Waals surface area contributed by atoms with Crippen LogP contribution in [0.2, 0.25) is 0 Å². The van der Waals surface area contributed by atoms with Gasteiger partial charge < -0.3 is 15.3 Å². The molecule has 0 amide bonds. The highest BCUT2D eigenvalue weighted by Gasteiger charge is 2.75. The molecule has 3 fully saturated rings. The van der Waals surface area contributed by atoms with Crippen LogP contribution in [0, 0.1) is 28.6 Å². The summed E-state index contributed by atoms with van der Waals surface area (Å²) in [6.07, 6.45) is 4.44. The molecular formula is C22H29FO5. The third kappa shape index (κ3) is 2.01. The molecule has 3 saturated carbocycles. The van der Waals surface area contributed by atoms with Crippen molar-refractivity contribution in [2.24, 2.45) is 28.6 Å². The maximum Gasteiger partial charge on any atom is 0.190 e. The van der Waals surface area contributed by atoms with E-state index in [1.165, 1.54) is 12.2 Å². The first-order chi connectivity index (χ1) is 13.0. The number of alkyl halides is 1. The molecule has 4 aliphatic rings. The SMILES string of the molecule is C[C@@H]1C[C@@H]2[C@@H]3CCC4=CC(=O)C=C[C@]4(C)[C@@]3(F)[C@H](O)C[C@@]2(C)[C@@]1(O)C(=O)CO. The molecule has 0 radical (unpaired) electrons. The molecule has 8 atom stereocenters. The van der Waals surface area contributed by atoms with Gasteiger partial charge in [0.25, 0.3) is 0 Å².